The van der Waals surface area contributed by atoms with Gasteiger partial charge in [-0.25, -0.2) is 4.98 Å². The van der Waals surface area contributed by atoms with Gasteiger partial charge < -0.3 is 4.98 Å². The van der Waals surface area contributed by atoms with Crippen LogP contribution in [0.4, 0.5) is 0 Å². The lowest BCUT2D eigenvalue weighted by Crippen LogP contribution is -2.18. The molecule has 0 unspecified atom stereocenters. The molecule has 1 heterocycles. The van der Waals surface area contributed by atoms with Gasteiger partial charge in [-0.15, -0.1) is 0 Å². The van der Waals surface area contributed by atoms with E-state index in [-0.39, 0.29) is 0 Å². The van der Waals surface area contributed by atoms with Gasteiger partial charge in [0.05, 0.1) is 17.9 Å². The molecule has 0 amide bonds. The predicted octanol–water partition coefficient (Wildman–Crippen LogP) is 4.46. The molecule has 2 aromatic rings. The summed E-state index contributed by atoms with van der Waals surface area (Å²) in [4.78, 5) is 12.5. The van der Waals surface area contributed by atoms with Gasteiger partial charge in [0.15, 0.2) is 0 Å². The third-order valence-corrected chi connectivity index (χ3v) is 4.42. The first-order chi connectivity index (χ1) is 10.3. The highest BCUT2D eigenvalue weighted by molar-refractivity contribution is 5.78. The number of nitrogens with zero attached hydrogens (tertiary/aromatic N) is 2. The van der Waals surface area contributed by atoms with E-state index in [2.05, 4.69) is 29.0 Å². The Morgan fingerprint density at radius 3 is 2.71 bits per heavy atom. The van der Waals surface area contributed by atoms with E-state index in [1.807, 2.05) is 30.6 Å². The molecule has 0 spiro atoms. The molecule has 1 saturated carbocycles. The van der Waals surface area contributed by atoms with Crippen molar-refractivity contribution in [2.24, 2.45) is 10.9 Å². The van der Waals surface area contributed by atoms with Gasteiger partial charge in [-0.1, -0.05) is 49.6 Å². The molecular formula is C18H23N3. The van der Waals surface area contributed by atoms with Crippen molar-refractivity contribution in [2.45, 2.75) is 45.1 Å². The van der Waals surface area contributed by atoms with Crippen molar-refractivity contribution in [2.75, 3.05) is 0 Å². The highest BCUT2D eigenvalue weighted by Crippen LogP contribution is 2.27. The van der Waals surface area contributed by atoms with E-state index in [9.17, 15) is 0 Å². The molecule has 0 radical (unpaired) electrons. The molecule has 3 nitrogen and oxygen atoms in total. The number of benzene rings is 1. The fourth-order valence-corrected chi connectivity index (χ4v) is 3.08. The molecule has 110 valence electrons. The largest absolute Gasteiger partial charge is 0.337 e. The highest BCUT2D eigenvalue weighted by atomic mass is 14.9. The van der Waals surface area contributed by atoms with Crippen LogP contribution in [0.25, 0.3) is 11.4 Å². The number of H-pyrrole nitrogens is 1. The minimum atomic E-state index is 0.411. The van der Waals surface area contributed by atoms with Crippen molar-refractivity contribution < 1.29 is 0 Å². The van der Waals surface area contributed by atoms with Gasteiger partial charge in [0.1, 0.15) is 5.82 Å². The van der Waals surface area contributed by atoms with Crippen LogP contribution in [0.2, 0.25) is 0 Å². The Hall–Kier alpha value is -1.90. The Bertz CT molecular complexity index is 580. The molecule has 3 heteroatoms. The van der Waals surface area contributed by atoms with Crippen molar-refractivity contribution >= 4 is 6.21 Å². The summed E-state index contributed by atoms with van der Waals surface area (Å²) in [6.07, 6.45) is 10.6. The maximum Gasteiger partial charge on any atom is 0.137 e. The number of aliphatic imine (C=N–C) groups is 1. The summed E-state index contributed by atoms with van der Waals surface area (Å²) in [7, 11) is 0. The molecule has 3 rings (SSSR count). The third-order valence-electron chi connectivity index (χ3n) is 4.42. The number of hydrogen-bond acceptors (Lipinski definition) is 2. The number of aromatic nitrogens is 2. The second-order valence-electron chi connectivity index (χ2n) is 5.97. The van der Waals surface area contributed by atoms with Crippen LogP contribution in [-0.2, 0) is 0 Å². The van der Waals surface area contributed by atoms with Crippen molar-refractivity contribution in [1.82, 2.24) is 9.97 Å². The predicted molar refractivity (Wildman–Crippen MR) is 87.7 cm³/mol. The van der Waals surface area contributed by atoms with Crippen LogP contribution in [-0.4, -0.2) is 22.2 Å². The molecule has 1 aromatic carbocycles. The average molecular weight is 281 g/mol. The van der Waals surface area contributed by atoms with Gasteiger partial charge in [-0.05, 0) is 25.7 Å². The van der Waals surface area contributed by atoms with Gasteiger partial charge in [-0.3, -0.25) is 4.99 Å². The summed E-state index contributed by atoms with van der Waals surface area (Å²) in [5, 5.41) is 0. The van der Waals surface area contributed by atoms with Crippen molar-refractivity contribution in [3.8, 4) is 11.4 Å². The monoisotopic (exact) mass is 281 g/mol. The summed E-state index contributed by atoms with van der Waals surface area (Å²) < 4.78 is 0. The molecule has 0 bridgehead atoms. The molecule has 21 heavy (non-hydrogen) atoms. The zero-order chi connectivity index (χ0) is 14.5. The minimum Gasteiger partial charge on any atom is -0.337 e. The molecule has 0 aliphatic heterocycles. The molecule has 1 aliphatic rings. The first-order valence-electron chi connectivity index (χ1n) is 7.96. The standard InChI is InChI=1S/C18H23N3/c1-14(15-8-4-2-5-9-15)19-12-17-13-20-18(21-17)16-10-6-3-7-11-16/h3,6-7,10-15H,2,4-5,8-9H2,1H3,(H,20,21)/t14-/m0/s1. The first-order valence-corrected chi connectivity index (χ1v) is 7.96. The smallest absolute Gasteiger partial charge is 0.137 e. The molecule has 1 N–H and O–H groups in total. The maximum absolute atomic E-state index is 4.73. The summed E-state index contributed by atoms with van der Waals surface area (Å²) >= 11 is 0. The maximum atomic E-state index is 4.73. The fraction of sp³-hybridized carbons (Fsp3) is 0.444. The van der Waals surface area contributed by atoms with Gasteiger partial charge in [0.2, 0.25) is 0 Å². The van der Waals surface area contributed by atoms with Gasteiger partial charge in [-0.2, -0.15) is 0 Å². The first kappa shape index (κ1) is 14.1. The molecule has 0 saturated heterocycles. The van der Waals surface area contributed by atoms with E-state index >= 15 is 0 Å². The molecule has 1 aliphatic carbocycles. The van der Waals surface area contributed by atoms with E-state index in [0.29, 0.717) is 6.04 Å². The van der Waals surface area contributed by atoms with Crippen LogP contribution in [0.15, 0.2) is 41.5 Å². The van der Waals surface area contributed by atoms with Crippen molar-refractivity contribution in [3.63, 3.8) is 0 Å². The Morgan fingerprint density at radius 1 is 1.19 bits per heavy atom. The van der Waals surface area contributed by atoms with Crippen LogP contribution in [0.5, 0.6) is 0 Å². The van der Waals surface area contributed by atoms with Crippen LogP contribution in [0, 0.1) is 5.92 Å². The summed E-state index contributed by atoms with van der Waals surface area (Å²) in [5.41, 5.74) is 2.09. The van der Waals surface area contributed by atoms with E-state index in [1.54, 1.807) is 0 Å². The lowest BCUT2D eigenvalue weighted by Gasteiger charge is -2.24. The average Bonchev–Trinajstić information content (AvgIpc) is 3.03. The van der Waals surface area contributed by atoms with Crippen molar-refractivity contribution in [1.29, 1.82) is 0 Å². The zero-order valence-corrected chi connectivity index (χ0v) is 12.6. The second-order valence-corrected chi connectivity index (χ2v) is 5.97. The van der Waals surface area contributed by atoms with Crippen LogP contribution in [0.1, 0.15) is 44.7 Å². The van der Waals surface area contributed by atoms with Crippen molar-refractivity contribution in [3.05, 3.63) is 42.2 Å². The molecule has 1 fully saturated rings. The lowest BCUT2D eigenvalue weighted by atomic mass is 9.85. The van der Waals surface area contributed by atoms with Crippen LogP contribution >= 0.6 is 0 Å². The Balaban J connectivity index is 1.65. The zero-order valence-electron chi connectivity index (χ0n) is 12.6. The minimum absolute atomic E-state index is 0.411. The normalized spacial score (nSPS) is 18.1. The van der Waals surface area contributed by atoms with Crippen LogP contribution < -0.4 is 0 Å². The van der Waals surface area contributed by atoms with E-state index in [4.69, 9.17) is 4.99 Å². The SMILES string of the molecule is C[C@H](N=Cc1cnc(-c2ccccc2)[nH]1)C1CCCCC1. The molecule has 1 aromatic heterocycles. The number of aromatic amines is 1. The van der Waals surface area contributed by atoms with Gasteiger partial charge in [0, 0.05) is 11.8 Å². The Morgan fingerprint density at radius 2 is 1.95 bits per heavy atom. The quantitative estimate of drug-likeness (QED) is 0.826. The topological polar surface area (TPSA) is 41.0 Å². The van der Waals surface area contributed by atoms with Crippen LogP contribution in [0.3, 0.4) is 0 Å². The molecular weight excluding hydrogens is 258 g/mol. The highest BCUT2D eigenvalue weighted by Gasteiger charge is 2.18. The fourth-order valence-electron chi connectivity index (χ4n) is 3.08. The number of nitrogens with one attached hydrogen (secondary N) is 1. The lowest BCUT2D eigenvalue weighted by molar-refractivity contribution is 0.318. The Kier molecular flexibility index (Phi) is 4.49. The Labute approximate surface area is 126 Å². The van der Waals surface area contributed by atoms with E-state index in [1.165, 1.54) is 32.1 Å². The molecule has 1 atom stereocenters. The summed E-state index contributed by atoms with van der Waals surface area (Å²) in [5.74, 6) is 1.66. The summed E-state index contributed by atoms with van der Waals surface area (Å²) in [6, 6.07) is 10.6. The van der Waals surface area contributed by atoms with Gasteiger partial charge >= 0.3 is 0 Å². The third kappa shape index (κ3) is 3.60. The summed E-state index contributed by atoms with van der Waals surface area (Å²) in [6.45, 7) is 2.24. The number of imidazole rings is 1. The van der Waals surface area contributed by atoms with E-state index in [0.717, 1.165) is 23.0 Å². The van der Waals surface area contributed by atoms with E-state index < -0.39 is 0 Å². The second kappa shape index (κ2) is 6.70. The van der Waals surface area contributed by atoms with Gasteiger partial charge in [0.25, 0.3) is 0 Å². The number of rotatable bonds is 4. The number of hydrogen-bond donors (Lipinski definition) is 1.